The van der Waals surface area contributed by atoms with Gasteiger partial charge in [0.1, 0.15) is 17.4 Å². The smallest absolute Gasteiger partial charge is 0.378 e. The molecule has 0 spiro atoms. The van der Waals surface area contributed by atoms with Gasteiger partial charge in [-0.1, -0.05) is 12.1 Å². The second-order valence-corrected chi connectivity index (χ2v) is 15.8. The molecule has 0 radical (unpaired) electrons. The largest absolute Gasteiger partial charge is 0.433 e. The van der Waals surface area contributed by atoms with Crippen LogP contribution >= 0.6 is 0 Å². The summed E-state index contributed by atoms with van der Waals surface area (Å²) >= 11 is 0. The Balaban J connectivity index is 0.875. The first-order valence-corrected chi connectivity index (χ1v) is 19.6. The van der Waals surface area contributed by atoms with Crippen LogP contribution < -0.4 is 21.2 Å². The lowest BCUT2D eigenvalue weighted by Gasteiger charge is -2.44. The fourth-order valence-electron chi connectivity index (χ4n) is 9.12. The summed E-state index contributed by atoms with van der Waals surface area (Å²) in [6, 6.07) is 13.9. The molecule has 3 aromatic heterocycles. The Kier molecular flexibility index (Phi) is 10.6. The molecule has 1 saturated carbocycles. The van der Waals surface area contributed by atoms with Crippen molar-refractivity contribution < 1.29 is 32.3 Å². The molecule has 5 heterocycles. The van der Waals surface area contributed by atoms with Crippen molar-refractivity contribution in [2.75, 3.05) is 44.0 Å². The van der Waals surface area contributed by atoms with Crippen LogP contribution in [0.4, 0.5) is 24.5 Å². The average molecular weight is 802 g/mol. The highest BCUT2D eigenvalue weighted by Crippen LogP contribution is 2.36. The highest BCUT2D eigenvalue weighted by atomic mass is 19.4. The minimum absolute atomic E-state index is 0.0768. The lowest BCUT2D eigenvalue weighted by Crippen LogP contribution is -2.55. The van der Waals surface area contributed by atoms with E-state index in [1.165, 1.54) is 10.6 Å². The van der Waals surface area contributed by atoms with E-state index in [0.29, 0.717) is 23.7 Å². The van der Waals surface area contributed by atoms with Gasteiger partial charge in [-0.2, -0.15) is 18.3 Å². The number of hydrogen-bond acceptors (Lipinski definition) is 9. The van der Waals surface area contributed by atoms with E-state index < -0.39 is 29.7 Å². The molecule has 0 bridgehead atoms. The zero-order valence-electron chi connectivity index (χ0n) is 32.5. The Morgan fingerprint density at radius 1 is 1.02 bits per heavy atom. The number of carbonyl (C=O) groups is 3. The highest BCUT2D eigenvalue weighted by Gasteiger charge is 2.37. The summed E-state index contributed by atoms with van der Waals surface area (Å²) in [6.45, 7) is 2.33. The van der Waals surface area contributed by atoms with Gasteiger partial charge in [0, 0.05) is 63.5 Å². The summed E-state index contributed by atoms with van der Waals surface area (Å²) in [6.07, 6.45) is 2.56. The van der Waals surface area contributed by atoms with Crippen molar-refractivity contribution in [2.24, 2.45) is 13.0 Å². The number of hydrogen-bond donors (Lipinski definition) is 2. The van der Waals surface area contributed by atoms with Gasteiger partial charge in [0.15, 0.2) is 0 Å². The summed E-state index contributed by atoms with van der Waals surface area (Å²) in [5.41, 5.74) is 1.78. The van der Waals surface area contributed by atoms with E-state index in [1.807, 2.05) is 29.1 Å². The number of para-hydroxylation sites is 1. The van der Waals surface area contributed by atoms with Gasteiger partial charge in [-0.05, 0) is 94.0 Å². The van der Waals surface area contributed by atoms with Crippen molar-refractivity contribution in [3.63, 3.8) is 0 Å². The van der Waals surface area contributed by atoms with Crippen molar-refractivity contribution >= 4 is 51.0 Å². The number of halogens is 3. The van der Waals surface area contributed by atoms with Crippen LogP contribution in [0.5, 0.6) is 0 Å². The quantitative estimate of drug-likeness (QED) is 0.190. The van der Waals surface area contributed by atoms with E-state index in [-0.39, 0.29) is 48.3 Å². The topological polar surface area (TPSA) is 149 Å². The fourth-order valence-corrected chi connectivity index (χ4v) is 9.12. The molecule has 17 heteroatoms. The minimum Gasteiger partial charge on any atom is -0.378 e. The zero-order chi connectivity index (χ0) is 40.9. The third-order valence-electron chi connectivity index (χ3n) is 12.1. The molecule has 3 fully saturated rings. The minimum atomic E-state index is -4.65. The third kappa shape index (κ3) is 7.59. The van der Waals surface area contributed by atoms with Crippen LogP contribution in [0, 0.1) is 5.92 Å². The standard InChI is InChI=1S/C41H46F3N9O5/c1-49(30-18-19-51(23-34(30)58-3)31-7-5-8-32-37(31)50(2)40(57)53(32)33-16-17-36(54)47-39(33)56)21-24-10-13-27(14-11-24)52-22-25-20-26(12-15-28(25)48-52)45-38(55)29-6-4-9-35(46-29)41(42,43)44/h4-9,12,15,20,22,24,27,30,33-34H,10-11,13-14,16-19,21,23H2,1-3H3,(H,45,55)(H,47,54,56)/t24-,27-,30-,33?,34+/m1/s1. The number of imide groups is 1. The number of piperidine rings is 2. The molecule has 14 nitrogen and oxygen atoms in total. The first kappa shape index (κ1) is 39.3. The Morgan fingerprint density at radius 3 is 2.53 bits per heavy atom. The van der Waals surface area contributed by atoms with E-state index in [0.717, 1.165) is 79.4 Å². The second kappa shape index (κ2) is 15.7. The first-order chi connectivity index (χ1) is 27.8. The summed E-state index contributed by atoms with van der Waals surface area (Å²) in [5.74, 6) is -1.01. The van der Waals surface area contributed by atoms with Crippen molar-refractivity contribution in [1.82, 2.24) is 34.1 Å². The summed E-state index contributed by atoms with van der Waals surface area (Å²) < 4.78 is 50.5. The molecule has 3 aliphatic rings. The monoisotopic (exact) mass is 801 g/mol. The highest BCUT2D eigenvalue weighted by molar-refractivity contribution is 6.04. The number of rotatable bonds is 9. The number of aromatic nitrogens is 5. The van der Waals surface area contributed by atoms with E-state index in [2.05, 4.69) is 32.5 Å². The molecular formula is C41H46F3N9O5. The predicted octanol–water partition coefficient (Wildman–Crippen LogP) is 5.29. The summed E-state index contributed by atoms with van der Waals surface area (Å²) in [7, 11) is 5.64. The van der Waals surface area contributed by atoms with E-state index >= 15 is 0 Å². The van der Waals surface area contributed by atoms with Crippen LogP contribution in [0.2, 0.25) is 0 Å². The number of ether oxygens (including phenoxy) is 1. The molecule has 8 rings (SSSR count). The molecule has 3 atom stereocenters. The van der Waals surface area contributed by atoms with Crippen LogP contribution in [-0.4, -0.2) is 92.5 Å². The molecular weight excluding hydrogens is 756 g/mol. The molecule has 2 saturated heterocycles. The number of aryl methyl sites for hydroxylation is 1. The van der Waals surface area contributed by atoms with E-state index in [1.54, 1.807) is 36.9 Å². The normalized spacial score (nSPS) is 23.2. The van der Waals surface area contributed by atoms with Gasteiger partial charge in [-0.25, -0.2) is 9.78 Å². The zero-order valence-corrected chi connectivity index (χ0v) is 32.5. The molecule has 306 valence electrons. The van der Waals surface area contributed by atoms with Gasteiger partial charge in [0.25, 0.3) is 5.91 Å². The summed E-state index contributed by atoms with van der Waals surface area (Å²) in [5, 5.41) is 10.7. The number of methoxy groups -OCH3 is 1. The summed E-state index contributed by atoms with van der Waals surface area (Å²) in [4.78, 5) is 59.0. The van der Waals surface area contributed by atoms with Gasteiger partial charge in [-0.3, -0.25) is 33.5 Å². The maximum Gasteiger partial charge on any atom is 0.433 e. The number of nitrogens with one attached hydrogen (secondary N) is 2. The number of imidazole rings is 1. The van der Waals surface area contributed by atoms with Crippen molar-refractivity contribution in [2.45, 2.75) is 75.4 Å². The van der Waals surface area contributed by atoms with Gasteiger partial charge in [-0.15, -0.1) is 0 Å². The van der Waals surface area contributed by atoms with Crippen LogP contribution in [0.3, 0.4) is 0 Å². The van der Waals surface area contributed by atoms with Crippen molar-refractivity contribution in [1.29, 1.82) is 0 Å². The maximum atomic E-state index is 13.5. The number of carbonyl (C=O) groups excluding carboxylic acids is 3. The first-order valence-electron chi connectivity index (χ1n) is 19.6. The van der Waals surface area contributed by atoms with Gasteiger partial charge in [0.05, 0.1) is 34.4 Å². The van der Waals surface area contributed by atoms with Gasteiger partial charge >= 0.3 is 11.9 Å². The SMILES string of the molecule is CO[C@H]1CN(c2cccc3c2n(C)c(=O)n3C2CCC(=O)NC2=O)CC[C@H]1N(C)C[C@H]1CC[C@H](n2cc3cc(NC(=O)c4cccc(C(F)(F)F)n4)ccc3n2)CC1. The molecule has 2 N–H and O–H groups in total. The lowest BCUT2D eigenvalue weighted by atomic mass is 9.85. The molecule has 2 aromatic carbocycles. The lowest BCUT2D eigenvalue weighted by molar-refractivity contribution is -0.141. The number of likely N-dealkylation sites (N-methyl/N-ethyl adjacent to an activating group) is 1. The number of anilines is 2. The third-order valence-corrected chi connectivity index (χ3v) is 12.1. The predicted molar refractivity (Wildman–Crippen MR) is 211 cm³/mol. The Morgan fingerprint density at radius 2 is 1.79 bits per heavy atom. The number of amides is 3. The van der Waals surface area contributed by atoms with Gasteiger partial charge < -0.3 is 19.9 Å². The Labute approximate surface area is 331 Å². The molecule has 1 aliphatic carbocycles. The number of pyridine rings is 1. The van der Waals surface area contributed by atoms with E-state index in [9.17, 15) is 32.3 Å². The average Bonchev–Trinajstić information content (AvgIpc) is 3.75. The number of benzene rings is 2. The van der Waals surface area contributed by atoms with Crippen LogP contribution in [-0.2, 0) is 27.5 Å². The number of nitrogens with zero attached hydrogens (tertiary/aromatic N) is 7. The fraction of sp³-hybridized carbons (Fsp3) is 0.463. The van der Waals surface area contributed by atoms with Crippen molar-refractivity contribution in [3.05, 3.63) is 82.7 Å². The second-order valence-electron chi connectivity index (χ2n) is 15.8. The number of alkyl halides is 3. The van der Waals surface area contributed by atoms with Gasteiger partial charge in [0.2, 0.25) is 11.8 Å². The maximum absolute atomic E-state index is 13.5. The molecule has 2 aliphatic heterocycles. The van der Waals surface area contributed by atoms with Crippen LogP contribution in [0.25, 0.3) is 21.9 Å². The van der Waals surface area contributed by atoms with Crippen LogP contribution in [0.15, 0.2) is 65.6 Å². The van der Waals surface area contributed by atoms with Crippen molar-refractivity contribution in [3.8, 4) is 0 Å². The molecule has 58 heavy (non-hydrogen) atoms. The molecule has 1 unspecified atom stereocenters. The Bertz CT molecular complexity index is 2430. The Hall–Kier alpha value is -5.55. The molecule has 5 aromatic rings. The number of fused-ring (bicyclic) bond motifs is 2. The van der Waals surface area contributed by atoms with Crippen LogP contribution in [0.1, 0.15) is 73.2 Å². The molecule has 3 amide bonds. The van der Waals surface area contributed by atoms with E-state index in [4.69, 9.17) is 9.84 Å².